The van der Waals surface area contributed by atoms with Gasteiger partial charge >= 0.3 is 0 Å². The molecule has 0 saturated heterocycles. The molecule has 2 aromatic carbocycles. The third-order valence-electron chi connectivity index (χ3n) is 3.28. The number of carbonyl (C=O) groups is 1. The van der Waals surface area contributed by atoms with E-state index >= 15 is 0 Å². The maximum absolute atomic E-state index is 11.1. The molecule has 2 rings (SSSR count). The van der Waals surface area contributed by atoms with Gasteiger partial charge < -0.3 is 10.5 Å². The van der Waals surface area contributed by atoms with Crippen molar-refractivity contribution >= 4 is 5.91 Å². The summed E-state index contributed by atoms with van der Waals surface area (Å²) in [5.74, 6) is 6.37. The normalized spacial score (nSPS) is 11.1. The average molecular weight is 279 g/mol. The zero-order valence-electron chi connectivity index (χ0n) is 12.1. The summed E-state index contributed by atoms with van der Waals surface area (Å²) in [6, 6.07) is 15.1. The minimum absolute atomic E-state index is 0.284. The van der Waals surface area contributed by atoms with E-state index in [1.165, 1.54) is 0 Å². The van der Waals surface area contributed by atoms with Crippen molar-refractivity contribution in [3.05, 3.63) is 65.2 Å². The van der Waals surface area contributed by atoms with Crippen molar-refractivity contribution < 1.29 is 9.53 Å². The van der Waals surface area contributed by atoms with Crippen molar-refractivity contribution in [2.75, 3.05) is 7.11 Å². The smallest absolute Gasteiger partial charge is 0.224 e. The van der Waals surface area contributed by atoms with Crippen molar-refractivity contribution in [1.29, 1.82) is 0 Å². The molecule has 0 aliphatic rings. The van der Waals surface area contributed by atoms with Crippen LogP contribution in [0.1, 0.15) is 29.5 Å². The summed E-state index contributed by atoms with van der Waals surface area (Å²) >= 11 is 0. The molecule has 0 spiro atoms. The van der Waals surface area contributed by atoms with E-state index in [2.05, 4.69) is 11.8 Å². The van der Waals surface area contributed by atoms with Crippen LogP contribution >= 0.6 is 0 Å². The Morgan fingerprint density at radius 3 is 1.90 bits per heavy atom. The number of amides is 1. The largest absolute Gasteiger partial charge is 0.497 e. The number of ether oxygens (including phenoxy) is 1. The van der Waals surface area contributed by atoms with Crippen LogP contribution in [0.25, 0.3) is 0 Å². The highest BCUT2D eigenvalue weighted by Gasteiger charge is 2.10. The SMILES string of the molecule is COc1ccc(C#Cc2ccc(C(C)C(N)=O)cc2)cc1. The summed E-state index contributed by atoms with van der Waals surface area (Å²) < 4.78 is 5.10. The molecule has 1 amide bonds. The number of carbonyl (C=O) groups excluding carboxylic acids is 1. The Hall–Kier alpha value is -2.73. The zero-order chi connectivity index (χ0) is 15.2. The molecule has 2 N–H and O–H groups in total. The monoisotopic (exact) mass is 279 g/mol. The second kappa shape index (κ2) is 6.62. The number of hydrogen-bond donors (Lipinski definition) is 1. The molecule has 0 heterocycles. The number of hydrogen-bond acceptors (Lipinski definition) is 2. The fourth-order valence-corrected chi connectivity index (χ4v) is 1.84. The van der Waals surface area contributed by atoms with Gasteiger partial charge in [-0.05, 0) is 48.9 Å². The molecule has 2 aromatic rings. The standard InChI is InChI=1S/C18H17NO2/c1-13(18(19)20)16-9-5-14(6-10-16)3-4-15-7-11-17(21-2)12-8-15/h5-13H,1-2H3,(H2,19,20). The summed E-state index contributed by atoms with van der Waals surface area (Å²) in [5.41, 5.74) is 8.00. The van der Waals surface area contributed by atoms with Crippen LogP contribution < -0.4 is 10.5 Å². The van der Waals surface area contributed by atoms with E-state index in [1.54, 1.807) is 14.0 Å². The second-order valence-corrected chi connectivity index (χ2v) is 4.72. The molecular weight excluding hydrogens is 262 g/mol. The van der Waals surface area contributed by atoms with Crippen LogP contribution in [0, 0.1) is 11.8 Å². The lowest BCUT2D eigenvalue weighted by molar-refractivity contribution is -0.119. The van der Waals surface area contributed by atoms with E-state index in [-0.39, 0.29) is 11.8 Å². The Balaban J connectivity index is 2.13. The topological polar surface area (TPSA) is 52.3 Å². The molecule has 0 radical (unpaired) electrons. The lowest BCUT2D eigenvalue weighted by Crippen LogP contribution is -2.18. The van der Waals surface area contributed by atoms with Crippen LogP contribution in [0.3, 0.4) is 0 Å². The van der Waals surface area contributed by atoms with Gasteiger partial charge in [-0.2, -0.15) is 0 Å². The Morgan fingerprint density at radius 1 is 1.00 bits per heavy atom. The molecule has 1 unspecified atom stereocenters. The van der Waals surface area contributed by atoms with Gasteiger partial charge in [0.25, 0.3) is 0 Å². The maximum Gasteiger partial charge on any atom is 0.224 e. The number of rotatable bonds is 3. The van der Waals surface area contributed by atoms with Gasteiger partial charge in [0.2, 0.25) is 5.91 Å². The van der Waals surface area contributed by atoms with E-state index in [0.717, 1.165) is 22.4 Å². The minimum Gasteiger partial charge on any atom is -0.497 e. The predicted octanol–water partition coefficient (Wildman–Crippen LogP) is 2.68. The molecule has 0 saturated carbocycles. The van der Waals surface area contributed by atoms with Crippen LogP contribution in [0.15, 0.2) is 48.5 Å². The van der Waals surface area contributed by atoms with Crippen LogP contribution in [0.2, 0.25) is 0 Å². The molecular formula is C18H17NO2. The summed E-state index contributed by atoms with van der Waals surface area (Å²) in [4.78, 5) is 11.1. The van der Waals surface area contributed by atoms with Crippen LogP contribution in [0.4, 0.5) is 0 Å². The fraction of sp³-hybridized carbons (Fsp3) is 0.167. The summed E-state index contributed by atoms with van der Waals surface area (Å²) in [5, 5.41) is 0. The average Bonchev–Trinajstić information content (AvgIpc) is 2.53. The third kappa shape index (κ3) is 3.87. The van der Waals surface area contributed by atoms with E-state index in [4.69, 9.17) is 10.5 Å². The van der Waals surface area contributed by atoms with Gasteiger partial charge in [0.15, 0.2) is 0 Å². The molecule has 0 bridgehead atoms. The summed E-state index contributed by atoms with van der Waals surface area (Å²) in [6.07, 6.45) is 0. The van der Waals surface area contributed by atoms with E-state index in [0.29, 0.717) is 0 Å². The van der Waals surface area contributed by atoms with Crippen LogP contribution in [-0.4, -0.2) is 13.0 Å². The third-order valence-corrected chi connectivity index (χ3v) is 3.28. The first-order chi connectivity index (χ1) is 10.1. The fourth-order valence-electron chi connectivity index (χ4n) is 1.84. The molecule has 21 heavy (non-hydrogen) atoms. The molecule has 3 heteroatoms. The van der Waals surface area contributed by atoms with Crippen LogP contribution in [0.5, 0.6) is 5.75 Å². The van der Waals surface area contributed by atoms with E-state index in [1.807, 2.05) is 48.5 Å². The number of methoxy groups -OCH3 is 1. The maximum atomic E-state index is 11.1. The van der Waals surface area contributed by atoms with Gasteiger partial charge in [0, 0.05) is 11.1 Å². The van der Waals surface area contributed by atoms with Crippen molar-refractivity contribution in [3.63, 3.8) is 0 Å². The first-order valence-corrected chi connectivity index (χ1v) is 6.65. The van der Waals surface area contributed by atoms with Gasteiger partial charge in [-0.25, -0.2) is 0 Å². The second-order valence-electron chi connectivity index (χ2n) is 4.72. The van der Waals surface area contributed by atoms with Crippen molar-refractivity contribution in [1.82, 2.24) is 0 Å². The van der Waals surface area contributed by atoms with Gasteiger partial charge in [-0.1, -0.05) is 24.0 Å². The lowest BCUT2D eigenvalue weighted by Gasteiger charge is -2.06. The quantitative estimate of drug-likeness (QED) is 0.878. The number of primary amides is 1. The zero-order valence-corrected chi connectivity index (χ0v) is 12.1. The molecule has 0 fully saturated rings. The molecule has 3 nitrogen and oxygen atoms in total. The Morgan fingerprint density at radius 2 is 1.48 bits per heavy atom. The highest BCUT2D eigenvalue weighted by molar-refractivity contribution is 5.81. The van der Waals surface area contributed by atoms with Gasteiger partial charge in [0.1, 0.15) is 5.75 Å². The lowest BCUT2D eigenvalue weighted by atomic mass is 9.99. The van der Waals surface area contributed by atoms with Crippen molar-refractivity contribution in [2.24, 2.45) is 5.73 Å². The first kappa shape index (κ1) is 14.7. The first-order valence-electron chi connectivity index (χ1n) is 6.65. The highest BCUT2D eigenvalue weighted by atomic mass is 16.5. The Bertz CT molecular complexity index is 676. The Labute approximate surface area is 124 Å². The van der Waals surface area contributed by atoms with Crippen LogP contribution in [-0.2, 0) is 4.79 Å². The van der Waals surface area contributed by atoms with Gasteiger partial charge in [0.05, 0.1) is 13.0 Å². The predicted molar refractivity (Wildman–Crippen MR) is 83.0 cm³/mol. The summed E-state index contributed by atoms with van der Waals surface area (Å²) in [7, 11) is 1.63. The molecule has 0 aliphatic carbocycles. The van der Waals surface area contributed by atoms with E-state index in [9.17, 15) is 4.79 Å². The molecule has 1 atom stereocenters. The molecule has 106 valence electrons. The minimum atomic E-state index is -0.327. The Kier molecular flexibility index (Phi) is 4.63. The van der Waals surface area contributed by atoms with Crippen molar-refractivity contribution in [2.45, 2.75) is 12.8 Å². The molecule has 0 aliphatic heterocycles. The van der Waals surface area contributed by atoms with Crippen molar-refractivity contribution in [3.8, 4) is 17.6 Å². The number of benzene rings is 2. The molecule has 0 aromatic heterocycles. The van der Waals surface area contributed by atoms with Gasteiger partial charge in [-0.15, -0.1) is 0 Å². The van der Waals surface area contributed by atoms with E-state index < -0.39 is 0 Å². The van der Waals surface area contributed by atoms with Gasteiger partial charge in [-0.3, -0.25) is 4.79 Å². The highest BCUT2D eigenvalue weighted by Crippen LogP contribution is 2.15. The summed E-state index contributed by atoms with van der Waals surface area (Å²) in [6.45, 7) is 1.79. The number of nitrogens with two attached hydrogens (primary N) is 1.